The monoisotopic (exact) mass is 566 g/mol. The Kier molecular flexibility index (Phi) is 7.83. The number of hydrogen-bond acceptors (Lipinski definition) is 8. The average molecular weight is 567 g/mol. The molecule has 1 aliphatic rings. The molecule has 4 rings (SSSR count). The number of rotatable bonds is 6. The zero-order chi connectivity index (χ0) is 27.1. The highest BCUT2D eigenvalue weighted by Gasteiger charge is 2.35. The highest BCUT2D eigenvalue weighted by Crippen LogP contribution is 2.45. The van der Waals surface area contributed by atoms with Crippen LogP contribution in [0.3, 0.4) is 0 Å². The van der Waals surface area contributed by atoms with E-state index in [9.17, 15) is 9.59 Å². The molecule has 0 unspecified atom stereocenters. The third-order valence-electron chi connectivity index (χ3n) is 5.88. The van der Waals surface area contributed by atoms with Gasteiger partial charge in [0.2, 0.25) is 0 Å². The van der Waals surface area contributed by atoms with Gasteiger partial charge < -0.3 is 19.1 Å². The summed E-state index contributed by atoms with van der Waals surface area (Å²) in [6.07, 6.45) is 3.16. The second-order valence-electron chi connectivity index (χ2n) is 9.64. The summed E-state index contributed by atoms with van der Waals surface area (Å²) >= 11 is 14.7. The number of aromatic nitrogens is 3. The van der Waals surface area contributed by atoms with Crippen molar-refractivity contribution in [1.29, 1.82) is 0 Å². The van der Waals surface area contributed by atoms with E-state index in [2.05, 4.69) is 9.97 Å². The van der Waals surface area contributed by atoms with Crippen LogP contribution in [0.1, 0.15) is 20.8 Å². The number of carbonyl (C=O) groups is 1. The fraction of sp³-hybridized carbons (Fsp3) is 0.440. The van der Waals surface area contributed by atoms with E-state index in [1.165, 1.54) is 26.0 Å². The summed E-state index contributed by atoms with van der Waals surface area (Å²) in [5.74, 6) is 0.678. The maximum Gasteiger partial charge on any atom is 0.410 e. The quantitative estimate of drug-likeness (QED) is 0.290. The normalized spacial score (nSPS) is 14.0. The number of methoxy groups -OCH3 is 2. The third-order valence-corrected chi connectivity index (χ3v) is 7.19. The number of thioether (sulfide) groups is 1. The molecule has 2 aromatic heterocycles. The fourth-order valence-electron chi connectivity index (χ4n) is 4.13. The largest absolute Gasteiger partial charge is 0.495 e. The Morgan fingerprint density at radius 2 is 1.76 bits per heavy atom. The van der Waals surface area contributed by atoms with Crippen molar-refractivity contribution >= 4 is 52.1 Å². The van der Waals surface area contributed by atoms with E-state index in [0.717, 1.165) is 0 Å². The number of pyridine rings is 1. The number of fused-ring (bicyclic) bond motifs is 1. The molecule has 1 saturated heterocycles. The van der Waals surface area contributed by atoms with Crippen LogP contribution < -0.4 is 15.0 Å². The van der Waals surface area contributed by atoms with Gasteiger partial charge in [0.15, 0.2) is 5.16 Å². The Bertz CT molecular complexity index is 1390. The lowest BCUT2D eigenvalue weighted by Crippen LogP contribution is -2.53. The molecule has 0 bridgehead atoms. The van der Waals surface area contributed by atoms with Crippen LogP contribution in [0, 0.1) is 5.92 Å². The summed E-state index contributed by atoms with van der Waals surface area (Å²) in [5.41, 5.74) is 0.158. The minimum absolute atomic E-state index is 0.0298. The molecule has 0 spiro atoms. The molecule has 3 aromatic rings. The van der Waals surface area contributed by atoms with Gasteiger partial charge in [-0.05, 0) is 33.1 Å². The summed E-state index contributed by atoms with van der Waals surface area (Å²) in [6, 6.07) is 3.25. The van der Waals surface area contributed by atoms with Crippen LogP contribution in [-0.4, -0.2) is 64.7 Å². The van der Waals surface area contributed by atoms with Crippen LogP contribution in [0.2, 0.25) is 10.0 Å². The second-order valence-corrected chi connectivity index (χ2v) is 11.2. The van der Waals surface area contributed by atoms with Gasteiger partial charge in [0.25, 0.3) is 5.56 Å². The number of ether oxygens (including phenoxy) is 3. The molecular formula is C25H28Cl2N4O5S. The van der Waals surface area contributed by atoms with E-state index in [1.54, 1.807) is 27.8 Å². The van der Waals surface area contributed by atoms with Crippen LogP contribution in [0.4, 0.5) is 4.79 Å². The lowest BCUT2D eigenvalue weighted by molar-refractivity contribution is -0.00330. The van der Waals surface area contributed by atoms with Gasteiger partial charge in [-0.3, -0.25) is 9.36 Å². The van der Waals surface area contributed by atoms with Crippen molar-refractivity contribution in [2.75, 3.05) is 33.6 Å². The first-order valence-corrected chi connectivity index (χ1v) is 13.5. The van der Waals surface area contributed by atoms with E-state index >= 15 is 0 Å². The van der Waals surface area contributed by atoms with E-state index < -0.39 is 5.60 Å². The third kappa shape index (κ3) is 5.46. The standard InChI is InChI=1S/C25H28Cl2N4O5S/c1-25(2,3)36-24(33)30-10-13(11-30)12-31-21-14(9-28-23(29-21)37-6)7-15(22(31)32)18-19(26)16(34-4)8-17(35-5)20(18)27/h7-9,13H,10-12H2,1-6H3. The molecule has 3 heterocycles. The van der Waals surface area contributed by atoms with Gasteiger partial charge in [-0.1, -0.05) is 35.0 Å². The number of amides is 1. The number of benzene rings is 1. The SMILES string of the molecule is COc1cc(OC)c(Cl)c(-c2cc3cnc(SC)nc3n(CC3CN(C(=O)OC(C)(C)C)C3)c2=O)c1Cl. The summed E-state index contributed by atoms with van der Waals surface area (Å²) in [4.78, 5) is 37.0. The van der Waals surface area contributed by atoms with Gasteiger partial charge in [-0.25, -0.2) is 14.8 Å². The van der Waals surface area contributed by atoms with Gasteiger partial charge >= 0.3 is 6.09 Å². The Labute approximate surface area is 229 Å². The predicted octanol–water partition coefficient (Wildman–Crippen LogP) is 5.37. The minimum Gasteiger partial charge on any atom is -0.495 e. The van der Waals surface area contributed by atoms with E-state index in [-0.39, 0.29) is 33.2 Å². The lowest BCUT2D eigenvalue weighted by Gasteiger charge is -2.40. The molecule has 0 aliphatic carbocycles. The van der Waals surface area contributed by atoms with Crippen molar-refractivity contribution in [3.05, 3.63) is 38.7 Å². The first kappa shape index (κ1) is 27.3. The molecular weight excluding hydrogens is 539 g/mol. The van der Waals surface area contributed by atoms with Crippen molar-refractivity contribution in [1.82, 2.24) is 19.4 Å². The first-order valence-electron chi connectivity index (χ1n) is 11.5. The molecule has 1 aromatic carbocycles. The Morgan fingerprint density at radius 3 is 2.30 bits per heavy atom. The summed E-state index contributed by atoms with van der Waals surface area (Å²) in [6.45, 7) is 6.73. The van der Waals surface area contributed by atoms with E-state index in [1.807, 2.05) is 27.0 Å². The van der Waals surface area contributed by atoms with Crippen LogP contribution in [-0.2, 0) is 11.3 Å². The molecule has 37 heavy (non-hydrogen) atoms. The maximum absolute atomic E-state index is 14.0. The first-order chi connectivity index (χ1) is 17.5. The fourth-order valence-corrected chi connectivity index (χ4v) is 5.17. The topological polar surface area (TPSA) is 95.8 Å². The smallest absolute Gasteiger partial charge is 0.410 e. The summed E-state index contributed by atoms with van der Waals surface area (Å²) < 4.78 is 17.8. The van der Waals surface area contributed by atoms with Gasteiger partial charge in [0, 0.05) is 48.8 Å². The van der Waals surface area contributed by atoms with Crippen molar-refractivity contribution in [3.63, 3.8) is 0 Å². The minimum atomic E-state index is -0.578. The predicted molar refractivity (Wildman–Crippen MR) is 145 cm³/mol. The van der Waals surface area contributed by atoms with Crippen LogP contribution in [0.5, 0.6) is 11.5 Å². The van der Waals surface area contributed by atoms with Crippen molar-refractivity contribution < 1.29 is 19.0 Å². The van der Waals surface area contributed by atoms with Gasteiger partial charge in [-0.2, -0.15) is 0 Å². The Morgan fingerprint density at radius 1 is 1.14 bits per heavy atom. The molecule has 9 nitrogen and oxygen atoms in total. The van der Waals surface area contributed by atoms with Gasteiger partial charge in [0.1, 0.15) is 22.7 Å². The second kappa shape index (κ2) is 10.6. The molecule has 1 amide bonds. The molecule has 12 heteroatoms. The summed E-state index contributed by atoms with van der Waals surface area (Å²) in [7, 11) is 2.95. The van der Waals surface area contributed by atoms with E-state index in [0.29, 0.717) is 52.9 Å². The molecule has 0 atom stereocenters. The molecule has 0 radical (unpaired) electrons. The molecule has 198 valence electrons. The lowest BCUT2D eigenvalue weighted by atomic mass is 9.99. The Hall–Kier alpha value is -2.69. The summed E-state index contributed by atoms with van der Waals surface area (Å²) in [5, 5.41) is 1.57. The zero-order valence-electron chi connectivity index (χ0n) is 21.4. The van der Waals surface area contributed by atoms with Crippen molar-refractivity contribution in [3.8, 4) is 22.6 Å². The number of nitrogens with zero attached hydrogens (tertiary/aromatic N) is 4. The van der Waals surface area contributed by atoms with Crippen molar-refractivity contribution in [2.45, 2.75) is 38.1 Å². The van der Waals surface area contributed by atoms with Crippen LogP contribution >= 0.6 is 35.0 Å². The average Bonchev–Trinajstić information content (AvgIpc) is 2.81. The number of carbonyl (C=O) groups excluding carboxylic acids is 1. The number of halogens is 2. The number of hydrogen-bond donors (Lipinski definition) is 0. The van der Waals surface area contributed by atoms with Gasteiger partial charge in [0.05, 0.1) is 29.8 Å². The number of likely N-dealkylation sites (tertiary alicyclic amines) is 1. The van der Waals surface area contributed by atoms with Crippen LogP contribution in [0.25, 0.3) is 22.2 Å². The van der Waals surface area contributed by atoms with Gasteiger partial charge in [-0.15, -0.1) is 0 Å². The zero-order valence-corrected chi connectivity index (χ0v) is 23.8. The molecule has 0 saturated carbocycles. The molecule has 1 aliphatic heterocycles. The van der Waals surface area contributed by atoms with Crippen LogP contribution in [0.15, 0.2) is 28.3 Å². The highest BCUT2D eigenvalue weighted by molar-refractivity contribution is 7.98. The highest BCUT2D eigenvalue weighted by atomic mass is 35.5. The molecule has 1 fully saturated rings. The maximum atomic E-state index is 14.0. The molecule has 0 N–H and O–H groups in total. The van der Waals surface area contributed by atoms with Crippen molar-refractivity contribution in [2.24, 2.45) is 5.92 Å². The van der Waals surface area contributed by atoms with E-state index in [4.69, 9.17) is 37.4 Å². The Balaban J connectivity index is 1.80.